The van der Waals surface area contributed by atoms with Crippen molar-refractivity contribution in [2.75, 3.05) is 14.2 Å². The normalized spacial score (nSPS) is 12.7. The Kier molecular flexibility index (Phi) is 4.88. The van der Waals surface area contributed by atoms with E-state index in [1.165, 1.54) is 36.6 Å². The van der Waals surface area contributed by atoms with E-state index in [1.807, 2.05) is 0 Å². The number of aromatic nitrogens is 1. The minimum Gasteiger partial charge on any atom is -0.473 e. The van der Waals surface area contributed by atoms with Crippen LogP contribution in [-0.4, -0.2) is 42.0 Å². The maximum atomic E-state index is 11.9. The summed E-state index contributed by atoms with van der Waals surface area (Å²) >= 11 is 1.22. The summed E-state index contributed by atoms with van der Waals surface area (Å²) in [6, 6.07) is -0.726. The second-order valence-electron chi connectivity index (χ2n) is 4.90. The monoisotopic (exact) mass is 286 g/mol. The summed E-state index contributed by atoms with van der Waals surface area (Å²) in [6.45, 7) is 5.30. The number of likely N-dealkylation sites (N-methyl/N-ethyl adjacent to an activating group) is 1. The molecule has 0 fully saturated rings. The Labute approximate surface area is 116 Å². The number of hydrogen-bond acceptors (Lipinski definition) is 6. The topological polar surface area (TPSA) is 68.7 Å². The van der Waals surface area contributed by atoms with Crippen molar-refractivity contribution < 1.29 is 19.1 Å². The zero-order valence-corrected chi connectivity index (χ0v) is 12.5. The molecule has 1 unspecified atom stereocenters. The SMILES string of the molecule is COc1ncc(C(C=O)N(C)C(=O)OC(C)(C)C)s1. The quantitative estimate of drug-likeness (QED) is 0.794. The lowest BCUT2D eigenvalue weighted by Gasteiger charge is -2.27. The number of thiazole rings is 1. The zero-order chi connectivity index (χ0) is 14.6. The van der Waals surface area contributed by atoms with E-state index >= 15 is 0 Å². The molecule has 1 atom stereocenters. The number of rotatable bonds is 4. The lowest BCUT2D eigenvalue weighted by Crippen LogP contribution is -2.37. The van der Waals surface area contributed by atoms with E-state index in [2.05, 4.69) is 4.98 Å². The fourth-order valence-corrected chi connectivity index (χ4v) is 2.13. The minimum absolute atomic E-state index is 0.444. The summed E-state index contributed by atoms with van der Waals surface area (Å²) in [4.78, 5) is 29.0. The Hall–Kier alpha value is -1.63. The van der Waals surface area contributed by atoms with Crippen molar-refractivity contribution in [3.05, 3.63) is 11.1 Å². The molecular formula is C12H18N2O4S. The largest absolute Gasteiger partial charge is 0.473 e. The fourth-order valence-electron chi connectivity index (χ4n) is 1.30. The summed E-state index contributed by atoms with van der Waals surface area (Å²) in [6.07, 6.45) is 1.64. The summed E-state index contributed by atoms with van der Waals surface area (Å²) in [5.74, 6) is 0. The van der Waals surface area contributed by atoms with Crippen LogP contribution in [0.1, 0.15) is 31.7 Å². The molecule has 1 rings (SSSR count). The highest BCUT2D eigenvalue weighted by molar-refractivity contribution is 7.13. The molecule has 1 amide bonds. The Morgan fingerprint density at radius 2 is 2.16 bits per heavy atom. The zero-order valence-electron chi connectivity index (χ0n) is 11.7. The Balaban J connectivity index is 2.84. The molecular weight excluding hydrogens is 268 g/mol. The van der Waals surface area contributed by atoms with Crippen LogP contribution in [0.25, 0.3) is 0 Å². The number of carbonyl (C=O) groups excluding carboxylic acids is 2. The minimum atomic E-state index is -0.726. The van der Waals surface area contributed by atoms with Gasteiger partial charge in [0.2, 0.25) is 0 Å². The molecule has 6 nitrogen and oxygen atoms in total. The number of nitrogens with zero attached hydrogens (tertiary/aromatic N) is 2. The van der Waals surface area contributed by atoms with Gasteiger partial charge in [0, 0.05) is 13.2 Å². The van der Waals surface area contributed by atoms with Crippen LogP contribution in [0.3, 0.4) is 0 Å². The van der Waals surface area contributed by atoms with Crippen molar-refractivity contribution in [3.63, 3.8) is 0 Å². The molecule has 106 valence electrons. The smallest absolute Gasteiger partial charge is 0.410 e. The number of carbonyl (C=O) groups is 2. The molecule has 0 N–H and O–H groups in total. The summed E-state index contributed by atoms with van der Waals surface area (Å²) in [5, 5.41) is 0.444. The molecule has 0 bridgehead atoms. The third kappa shape index (κ3) is 4.20. The molecule has 19 heavy (non-hydrogen) atoms. The molecule has 0 spiro atoms. The van der Waals surface area contributed by atoms with E-state index in [0.29, 0.717) is 16.4 Å². The first-order chi connectivity index (χ1) is 8.78. The maximum Gasteiger partial charge on any atom is 0.410 e. The number of hydrogen-bond donors (Lipinski definition) is 0. The average Bonchev–Trinajstić information content (AvgIpc) is 2.76. The van der Waals surface area contributed by atoms with Crippen LogP contribution in [-0.2, 0) is 9.53 Å². The van der Waals surface area contributed by atoms with E-state index < -0.39 is 17.7 Å². The number of ether oxygens (including phenoxy) is 2. The van der Waals surface area contributed by atoms with Crippen molar-refractivity contribution in [3.8, 4) is 5.19 Å². The Morgan fingerprint density at radius 1 is 1.53 bits per heavy atom. The van der Waals surface area contributed by atoms with Gasteiger partial charge in [0.1, 0.15) is 17.9 Å². The summed E-state index contributed by atoms with van der Waals surface area (Å²) in [7, 11) is 3.01. The first kappa shape index (κ1) is 15.4. The van der Waals surface area contributed by atoms with Gasteiger partial charge in [0.15, 0.2) is 0 Å². The van der Waals surface area contributed by atoms with Crippen LogP contribution in [0.2, 0.25) is 0 Å². The van der Waals surface area contributed by atoms with Crippen molar-refractivity contribution in [2.24, 2.45) is 0 Å². The van der Waals surface area contributed by atoms with Crippen molar-refractivity contribution in [2.45, 2.75) is 32.4 Å². The number of amides is 1. The van der Waals surface area contributed by atoms with Gasteiger partial charge in [-0.1, -0.05) is 11.3 Å². The molecule has 1 aromatic heterocycles. The van der Waals surface area contributed by atoms with Crippen molar-refractivity contribution >= 4 is 23.7 Å². The number of methoxy groups -OCH3 is 1. The maximum absolute atomic E-state index is 11.9. The second-order valence-corrected chi connectivity index (χ2v) is 5.93. The van der Waals surface area contributed by atoms with Crippen LogP contribution >= 0.6 is 11.3 Å². The average molecular weight is 286 g/mol. The van der Waals surface area contributed by atoms with Crippen molar-refractivity contribution in [1.29, 1.82) is 0 Å². The lowest BCUT2D eigenvalue weighted by atomic mass is 10.2. The van der Waals surface area contributed by atoms with Gasteiger partial charge in [0.05, 0.1) is 12.0 Å². The van der Waals surface area contributed by atoms with Gasteiger partial charge >= 0.3 is 6.09 Å². The molecule has 0 radical (unpaired) electrons. The van der Waals surface area contributed by atoms with E-state index in [4.69, 9.17) is 9.47 Å². The van der Waals surface area contributed by atoms with Gasteiger partial charge in [-0.3, -0.25) is 4.90 Å². The highest BCUT2D eigenvalue weighted by Gasteiger charge is 2.27. The van der Waals surface area contributed by atoms with Gasteiger partial charge in [-0.05, 0) is 20.8 Å². The predicted molar refractivity (Wildman–Crippen MR) is 71.5 cm³/mol. The third-order valence-electron chi connectivity index (χ3n) is 2.20. The summed E-state index contributed by atoms with van der Waals surface area (Å²) in [5.41, 5.74) is -0.607. The van der Waals surface area contributed by atoms with Gasteiger partial charge < -0.3 is 14.3 Å². The first-order valence-electron chi connectivity index (χ1n) is 5.69. The van der Waals surface area contributed by atoms with Gasteiger partial charge in [-0.2, -0.15) is 0 Å². The van der Waals surface area contributed by atoms with Crippen LogP contribution < -0.4 is 4.74 Å². The molecule has 0 saturated carbocycles. The predicted octanol–water partition coefficient (Wildman–Crippen LogP) is 2.26. The standard InChI is InChI=1S/C12H18N2O4S/c1-12(2,3)18-11(16)14(4)8(7-15)9-6-13-10(17-5)19-9/h6-8H,1-5H3. The van der Waals surface area contributed by atoms with Gasteiger partial charge in [-0.25, -0.2) is 9.78 Å². The van der Waals surface area contributed by atoms with Crippen LogP contribution in [0.4, 0.5) is 4.79 Å². The molecule has 0 aromatic carbocycles. The second kappa shape index (κ2) is 6.01. The number of aldehydes is 1. The molecule has 1 heterocycles. The van der Waals surface area contributed by atoms with Crippen LogP contribution in [0.15, 0.2) is 6.20 Å². The molecule has 0 aliphatic heterocycles. The first-order valence-corrected chi connectivity index (χ1v) is 6.51. The summed E-state index contributed by atoms with van der Waals surface area (Å²) < 4.78 is 10.2. The van der Waals surface area contributed by atoms with Crippen LogP contribution in [0.5, 0.6) is 5.19 Å². The van der Waals surface area contributed by atoms with E-state index in [1.54, 1.807) is 20.8 Å². The Bertz CT molecular complexity index is 453. The van der Waals surface area contributed by atoms with E-state index in [-0.39, 0.29) is 0 Å². The van der Waals surface area contributed by atoms with Crippen molar-refractivity contribution in [1.82, 2.24) is 9.88 Å². The molecule has 0 aliphatic rings. The Morgan fingerprint density at radius 3 is 2.58 bits per heavy atom. The highest BCUT2D eigenvalue weighted by atomic mass is 32.1. The van der Waals surface area contributed by atoms with Crippen LogP contribution in [0, 0.1) is 0 Å². The molecule has 0 aliphatic carbocycles. The van der Waals surface area contributed by atoms with E-state index in [9.17, 15) is 9.59 Å². The molecule has 1 aromatic rings. The van der Waals surface area contributed by atoms with Gasteiger partial charge in [-0.15, -0.1) is 0 Å². The highest BCUT2D eigenvalue weighted by Crippen LogP contribution is 2.28. The van der Waals surface area contributed by atoms with Gasteiger partial charge in [0.25, 0.3) is 5.19 Å². The van der Waals surface area contributed by atoms with E-state index in [0.717, 1.165) is 0 Å². The molecule has 7 heteroatoms. The third-order valence-corrected chi connectivity index (χ3v) is 3.23. The lowest BCUT2D eigenvalue weighted by molar-refractivity contribution is -0.112. The fraction of sp³-hybridized carbons (Fsp3) is 0.583. The molecule has 0 saturated heterocycles.